The van der Waals surface area contributed by atoms with E-state index in [-0.39, 0.29) is 5.54 Å². The molecule has 0 saturated carbocycles. The summed E-state index contributed by atoms with van der Waals surface area (Å²) in [6.07, 6.45) is 5.88. The van der Waals surface area contributed by atoms with Crippen LogP contribution in [0.2, 0.25) is 0 Å². The van der Waals surface area contributed by atoms with Gasteiger partial charge >= 0.3 is 0 Å². The Morgan fingerprint density at radius 1 is 1.20 bits per heavy atom. The van der Waals surface area contributed by atoms with Crippen molar-refractivity contribution in [3.63, 3.8) is 0 Å². The lowest BCUT2D eigenvalue weighted by atomic mass is 10.1. The molecular weight excluding hydrogens is 252 g/mol. The number of hydrogen-bond acceptors (Lipinski definition) is 4. The van der Waals surface area contributed by atoms with Gasteiger partial charge in [-0.3, -0.25) is 4.98 Å². The van der Waals surface area contributed by atoms with E-state index in [4.69, 9.17) is 9.47 Å². The fourth-order valence-electron chi connectivity index (χ4n) is 1.61. The minimum Gasteiger partial charge on any atom is -0.491 e. The molecule has 0 saturated heterocycles. The zero-order chi connectivity index (χ0) is 14.8. The van der Waals surface area contributed by atoms with Crippen LogP contribution in [0.3, 0.4) is 0 Å². The second-order valence-corrected chi connectivity index (χ2v) is 5.90. The molecule has 20 heavy (non-hydrogen) atoms. The Hall–Kier alpha value is -1.13. The standard InChI is InChI=1S/C16H28N2O2/c1-5-6-9-19-10-11-20-15-7-8-17-12-14(15)13-18-16(2,3)4/h7-8,12,18H,5-6,9-11,13H2,1-4H3. The van der Waals surface area contributed by atoms with Crippen molar-refractivity contribution in [1.82, 2.24) is 10.3 Å². The first-order chi connectivity index (χ1) is 9.53. The molecule has 0 spiro atoms. The SMILES string of the molecule is CCCCOCCOc1ccncc1CNC(C)(C)C. The van der Waals surface area contributed by atoms with Gasteiger partial charge in [0, 0.05) is 36.6 Å². The predicted molar refractivity (Wildman–Crippen MR) is 82.1 cm³/mol. The van der Waals surface area contributed by atoms with Gasteiger partial charge in [-0.2, -0.15) is 0 Å². The highest BCUT2D eigenvalue weighted by molar-refractivity contribution is 5.30. The fourth-order valence-corrected chi connectivity index (χ4v) is 1.61. The normalized spacial score (nSPS) is 11.6. The van der Waals surface area contributed by atoms with Gasteiger partial charge in [-0.25, -0.2) is 0 Å². The lowest BCUT2D eigenvalue weighted by Gasteiger charge is -2.21. The molecule has 4 heteroatoms. The molecule has 0 radical (unpaired) electrons. The Balaban J connectivity index is 2.37. The quantitative estimate of drug-likeness (QED) is 0.706. The van der Waals surface area contributed by atoms with Crippen molar-refractivity contribution in [2.24, 2.45) is 0 Å². The Kier molecular flexibility index (Phi) is 7.55. The minimum atomic E-state index is 0.0797. The second kappa shape index (κ2) is 8.93. The molecule has 114 valence electrons. The van der Waals surface area contributed by atoms with Crippen molar-refractivity contribution in [2.75, 3.05) is 19.8 Å². The zero-order valence-corrected chi connectivity index (χ0v) is 13.2. The Labute approximate surface area is 122 Å². The van der Waals surface area contributed by atoms with Gasteiger partial charge in [-0.05, 0) is 33.3 Å². The van der Waals surface area contributed by atoms with Crippen molar-refractivity contribution in [3.8, 4) is 5.75 Å². The Bertz CT molecular complexity index is 375. The van der Waals surface area contributed by atoms with Crippen molar-refractivity contribution in [2.45, 2.75) is 52.6 Å². The average molecular weight is 280 g/mol. The number of rotatable bonds is 9. The summed E-state index contributed by atoms with van der Waals surface area (Å²) in [6.45, 7) is 11.4. The van der Waals surface area contributed by atoms with Gasteiger partial charge in [0.05, 0.1) is 6.61 Å². The molecule has 0 bridgehead atoms. The summed E-state index contributed by atoms with van der Waals surface area (Å²) in [6, 6.07) is 1.91. The van der Waals surface area contributed by atoms with Gasteiger partial charge in [0.15, 0.2) is 0 Å². The van der Waals surface area contributed by atoms with E-state index in [1.165, 1.54) is 0 Å². The summed E-state index contributed by atoms with van der Waals surface area (Å²) in [5, 5.41) is 3.45. The molecule has 1 heterocycles. The van der Waals surface area contributed by atoms with Gasteiger partial charge in [-0.15, -0.1) is 0 Å². The third-order valence-corrected chi connectivity index (χ3v) is 2.80. The van der Waals surface area contributed by atoms with Crippen LogP contribution in [-0.4, -0.2) is 30.3 Å². The number of ether oxygens (including phenoxy) is 2. The van der Waals surface area contributed by atoms with Crippen LogP contribution < -0.4 is 10.1 Å². The van der Waals surface area contributed by atoms with Gasteiger partial charge in [0.2, 0.25) is 0 Å². The van der Waals surface area contributed by atoms with Gasteiger partial charge < -0.3 is 14.8 Å². The number of aromatic nitrogens is 1. The van der Waals surface area contributed by atoms with E-state index in [1.54, 1.807) is 6.20 Å². The molecule has 0 unspecified atom stereocenters. The summed E-state index contributed by atoms with van der Waals surface area (Å²) in [5.41, 5.74) is 1.16. The molecule has 0 fully saturated rings. The maximum Gasteiger partial charge on any atom is 0.126 e. The van der Waals surface area contributed by atoms with Crippen LogP contribution in [0.15, 0.2) is 18.5 Å². The van der Waals surface area contributed by atoms with E-state index in [0.29, 0.717) is 13.2 Å². The van der Waals surface area contributed by atoms with Crippen molar-refractivity contribution in [1.29, 1.82) is 0 Å². The second-order valence-electron chi connectivity index (χ2n) is 5.90. The van der Waals surface area contributed by atoms with Crippen LogP contribution >= 0.6 is 0 Å². The zero-order valence-electron chi connectivity index (χ0n) is 13.2. The molecule has 0 aliphatic rings. The van der Waals surface area contributed by atoms with Gasteiger partial charge in [0.1, 0.15) is 12.4 Å². The Morgan fingerprint density at radius 2 is 2.00 bits per heavy atom. The van der Waals surface area contributed by atoms with Crippen molar-refractivity contribution < 1.29 is 9.47 Å². The smallest absolute Gasteiger partial charge is 0.126 e. The predicted octanol–water partition coefficient (Wildman–Crippen LogP) is 3.17. The van der Waals surface area contributed by atoms with Crippen LogP contribution in [0.4, 0.5) is 0 Å². The topological polar surface area (TPSA) is 43.4 Å². The summed E-state index contributed by atoms with van der Waals surface area (Å²) in [5.74, 6) is 0.885. The highest BCUT2D eigenvalue weighted by Gasteiger charge is 2.11. The van der Waals surface area contributed by atoms with E-state index >= 15 is 0 Å². The lowest BCUT2D eigenvalue weighted by molar-refractivity contribution is 0.0976. The number of pyridine rings is 1. The van der Waals surface area contributed by atoms with Gasteiger partial charge in [0.25, 0.3) is 0 Å². The van der Waals surface area contributed by atoms with Crippen LogP contribution in [0.25, 0.3) is 0 Å². The number of nitrogens with one attached hydrogen (secondary N) is 1. The molecule has 0 amide bonds. The highest BCUT2D eigenvalue weighted by atomic mass is 16.5. The minimum absolute atomic E-state index is 0.0797. The van der Waals surface area contributed by atoms with Crippen molar-refractivity contribution in [3.05, 3.63) is 24.0 Å². The molecule has 4 nitrogen and oxygen atoms in total. The van der Waals surface area contributed by atoms with E-state index in [2.05, 4.69) is 38.0 Å². The largest absolute Gasteiger partial charge is 0.491 e. The summed E-state index contributed by atoms with van der Waals surface area (Å²) < 4.78 is 11.3. The molecule has 0 atom stereocenters. The summed E-state index contributed by atoms with van der Waals surface area (Å²) in [4.78, 5) is 4.16. The molecule has 0 aromatic carbocycles. The highest BCUT2D eigenvalue weighted by Crippen LogP contribution is 2.17. The number of hydrogen-bond donors (Lipinski definition) is 1. The maximum atomic E-state index is 5.78. The Morgan fingerprint density at radius 3 is 2.70 bits per heavy atom. The molecule has 1 rings (SSSR count). The van der Waals surface area contributed by atoms with E-state index in [0.717, 1.165) is 37.3 Å². The van der Waals surface area contributed by atoms with Crippen molar-refractivity contribution >= 4 is 0 Å². The molecule has 1 aromatic rings. The third kappa shape index (κ3) is 7.46. The average Bonchev–Trinajstić information content (AvgIpc) is 2.40. The molecule has 0 aliphatic carbocycles. The lowest BCUT2D eigenvalue weighted by Crippen LogP contribution is -2.35. The van der Waals surface area contributed by atoms with Crippen LogP contribution in [0, 0.1) is 0 Å². The summed E-state index contributed by atoms with van der Waals surface area (Å²) >= 11 is 0. The molecular formula is C16H28N2O2. The monoisotopic (exact) mass is 280 g/mol. The first kappa shape index (κ1) is 16.9. The summed E-state index contributed by atoms with van der Waals surface area (Å²) in [7, 11) is 0. The fraction of sp³-hybridized carbons (Fsp3) is 0.688. The van der Waals surface area contributed by atoms with Crippen LogP contribution in [-0.2, 0) is 11.3 Å². The van der Waals surface area contributed by atoms with E-state index < -0.39 is 0 Å². The molecule has 0 aliphatic heterocycles. The number of nitrogens with zero attached hydrogens (tertiary/aromatic N) is 1. The third-order valence-electron chi connectivity index (χ3n) is 2.80. The van der Waals surface area contributed by atoms with Gasteiger partial charge in [-0.1, -0.05) is 13.3 Å². The van der Waals surface area contributed by atoms with E-state index in [1.807, 2.05) is 12.3 Å². The van der Waals surface area contributed by atoms with Crippen LogP contribution in [0.5, 0.6) is 5.75 Å². The van der Waals surface area contributed by atoms with Crippen LogP contribution in [0.1, 0.15) is 46.1 Å². The molecule has 1 N–H and O–H groups in total. The maximum absolute atomic E-state index is 5.78. The molecule has 1 aromatic heterocycles. The number of unbranched alkanes of at least 4 members (excludes halogenated alkanes) is 1. The van der Waals surface area contributed by atoms with E-state index in [9.17, 15) is 0 Å². The first-order valence-corrected chi connectivity index (χ1v) is 7.41. The first-order valence-electron chi connectivity index (χ1n) is 7.41.